The third kappa shape index (κ3) is 3.56. The standard InChI is InChI=1S/C22H17N3/c1-2-6-17(7-3-1)10-11-18-12-14-19(15-13-18)25-22-20-8-4-5-9-21(20)23-16-24-22/h1-16H,(H,23,24,25). The van der Waals surface area contributed by atoms with Crippen LogP contribution in [0.4, 0.5) is 11.5 Å². The van der Waals surface area contributed by atoms with E-state index >= 15 is 0 Å². The van der Waals surface area contributed by atoms with Crippen LogP contribution in [0.25, 0.3) is 23.1 Å². The van der Waals surface area contributed by atoms with Crippen molar-refractivity contribution in [3.05, 3.63) is 96.3 Å². The van der Waals surface area contributed by atoms with E-state index in [4.69, 9.17) is 0 Å². The first-order chi connectivity index (χ1) is 12.4. The third-order valence-corrected chi connectivity index (χ3v) is 3.98. The predicted octanol–water partition coefficient (Wildman–Crippen LogP) is 5.54. The second kappa shape index (κ2) is 6.97. The van der Waals surface area contributed by atoms with Crippen molar-refractivity contribution in [1.29, 1.82) is 0 Å². The molecule has 4 aromatic rings. The molecule has 0 unspecified atom stereocenters. The van der Waals surface area contributed by atoms with Crippen molar-refractivity contribution in [2.24, 2.45) is 0 Å². The molecule has 3 aromatic carbocycles. The monoisotopic (exact) mass is 323 g/mol. The summed E-state index contributed by atoms with van der Waals surface area (Å²) >= 11 is 0. The Balaban J connectivity index is 1.53. The Kier molecular flexibility index (Phi) is 4.21. The lowest BCUT2D eigenvalue weighted by molar-refractivity contribution is 1.22. The molecule has 0 radical (unpaired) electrons. The fourth-order valence-corrected chi connectivity index (χ4v) is 2.68. The van der Waals surface area contributed by atoms with Crippen LogP contribution in [0.2, 0.25) is 0 Å². The molecule has 120 valence electrons. The average Bonchev–Trinajstić information content (AvgIpc) is 2.69. The maximum absolute atomic E-state index is 4.36. The molecule has 1 heterocycles. The number of rotatable bonds is 4. The lowest BCUT2D eigenvalue weighted by atomic mass is 10.1. The second-order valence-corrected chi connectivity index (χ2v) is 5.73. The van der Waals surface area contributed by atoms with Gasteiger partial charge in [-0.05, 0) is 35.4 Å². The number of nitrogens with zero attached hydrogens (tertiary/aromatic N) is 2. The van der Waals surface area contributed by atoms with Crippen molar-refractivity contribution in [2.75, 3.05) is 5.32 Å². The summed E-state index contributed by atoms with van der Waals surface area (Å²) in [6.07, 6.45) is 5.81. The van der Waals surface area contributed by atoms with Gasteiger partial charge >= 0.3 is 0 Å². The van der Waals surface area contributed by atoms with Crippen molar-refractivity contribution >= 4 is 34.6 Å². The van der Waals surface area contributed by atoms with Crippen LogP contribution in [0.3, 0.4) is 0 Å². The molecule has 0 aliphatic rings. The average molecular weight is 323 g/mol. The molecular formula is C22H17N3. The zero-order chi connectivity index (χ0) is 16.9. The molecule has 0 bridgehead atoms. The number of para-hydroxylation sites is 1. The van der Waals surface area contributed by atoms with E-state index < -0.39 is 0 Å². The van der Waals surface area contributed by atoms with Crippen LogP contribution in [0.15, 0.2) is 85.2 Å². The summed E-state index contributed by atoms with van der Waals surface area (Å²) in [6.45, 7) is 0. The van der Waals surface area contributed by atoms with Gasteiger partial charge in [-0.25, -0.2) is 9.97 Å². The quantitative estimate of drug-likeness (QED) is 0.501. The van der Waals surface area contributed by atoms with Crippen LogP contribution >= 0.6 is 0 Å². The van der Waals surface area contributed by atoms with Gasteiger partial charge in [-0.15, -0.1) is 0 Å². The zero-order valence-corrected chi connectivity index (χ0v) is 13.6. The van der Waals surface area contributed by atoms with E-state index in [1.54, 1.807) is 6.33 Å². The molecule has 0 aliphatic carbocycles. The summed E-state index contributed by atoms with van der Waals surface area (Å²) < 4.78 is 0. The summed E-state index contributed by atoms with van der Waals surface area (Å²) in [5.41, 5.74) is 4.28. The number of nitrogens with one attached hydrogen (secondary N) is 1. The fraction of sp³-hybridized carbons (Fsp3) is 0. The highest BCUT2D eigenvalue weighted by atomic mass is 15.0. The van der Waals surface area contributed by atoms with Crippen LogP contribution < -0.4 is 5.32 Å². The lowest BCUT2D eigenvalue weighted by Crippen LogP contribution is -1.95. The summed E-state index contributed by atoms with van der Waals surface area (Å²) in [5.74, 6) is 0.818. The molecule has 25 heavy (non-hydrogen) atoms. The van der Waals surface area contributed by atoms with Gasteiger partial charge < -0.3 is 5.32 Å². The predicted molar refractivity (Wildman–Crippen MR) is 105 cm³/mol. The summed E-state index contributed by atoms with van der Waals surface area (Å²) in [4.78, 5) is 8.65. The Bertz CT molecular complexity index is 1000. The van der Waals surface area contributed by atoms with Gasteiger partial charge in [0.05, 0.1) is 5.52 Å². The number of hydrogen-bond acceptors (Lipinski definition) is 3. The lowest BCUT2D eigenvalue weighted by Gasteiger charge is -2.08. The normalized spacial score (nSPS) is 11.0. The summed E-state index contributed by atoms with van der Waals surface area (Å²) in [7, 11) is 0. The molecule has 0 spiro atoms. The van der Waals surface area contributed by atoms with E-state index in [9.17, 15) is 0 Å². The minimum atomic E-state index is 0.818. The molecule has 0 saturated carbocycles. The first kappa shape index (κ1) is 15.1. The molecular weight excluding hydrogens is 306 g/mol. The molecule has 0 amide bonds. The first-order valence-corrected chi connectivity index (χ1v) is 8.18. The molecule has 0 fully saturated rings. The van der Waals surface area contributed by atoms with E-state index in [0.29, 0.717) is 0 Å². The number of hydrogen-bond donors (Lipinski definition) is 1. The van der Waals surface area contributed by atoms with Gasteiger partial charge in [0.1, 0.15) is 12.1 Å². The van der Waals surface area contributed by atoms with E-state index in [0.717, 1.165) is 28.0 Å². The van der Waals surface area contributed by atoms with Crippen molar-refractivity contribution in [3.63, 3.8) is 0 Å². The van der Waals surface area contributed by atoms with Crippen LogP contribution in [0, 0.1) is 0 Å². The largest absolute Gasteiger partial charge is 0.340 e. The van der Waals surface area contributed by atoms with E-state index in [-0.39, 0.29) is 0 Å². The van der Waals surface area contributed by atoms with E-state index in [2.05, 4.69) is 63.8 Å². The molecule has 4 rings (SSSR count). The maximum atomic E-state index is 4.36. The number of benzene rings is 3. The maximum Gasteiger partial charge on any atom is 0.141 e. The number of fused-ring (bicyclic) bond motifs is 1. The van der Waals surface area contributed by atoms with Gasteiger partial charge in [0.2, 0.25) is 0 Å². The van der Waals surface area contributed by atoms with E-state index in [1.807, 2.05) is 42.5 Å². The number of aromatic nitrogens is 2. The Hall–Kier alpha value is -3.46. The Morgan fingerprint density at radius 1 is 0.640 bits per heavy atom. The van der Waals surface area contributed by atoms with Gasteiger partial charge in [0.15, 0.2) is 0 Å². The molecule has 3 nitrogen and oxygen atoms in total. The highest BCUT2D eigenvalue weighted by Crippen LogP contribution is 2.23. The zero-order valence-electron chi connectivity index (χ0n) is 13.6. The molecule has 3 heteroatoms. The van der Waals surface area contributed by atoms with Crippen LogP contribution in [-0.4, -0.2) is 9.97 Å². The van der Waals surface area contributed by atoms with Gasteiger partial charge in [-0.1, -0.05) is 66.7 Å². The second-order valence-electron chi connectivity index (χ2n) is 5.73. The highest BCUT2D eigenvalue weighted by Gasteiger charge is 2.03. The van der Waals surface area contributed by atoms with Crippen LogP contribution in [0.1, 0.15) is 11.1 Å². The number of anilines is 2. The summed E-state index contributed by atoms with van der Waals surface area (Å²) in [6, 6.07) is 26.6. The molecule has 0 atom stereocenters. The fourth-order valence-electron chi connectivity index (χ4n) is 2.68. The molecule has 1 aromatic heterocycles. The van der Waals surface area contributed by atoms with Gasteiger partial charge in [-0.2, -0.15) is 0 Å². The Labute approximate surface area is 146 Å². The SMILES string of the molecule is C(=Cc1ccc(Nc2ncnc3ccccc23)cc1)c1ccccc1. The van der Waals surface area contributed by atoms with Crippen molar-refractivity contribution in [3.8, 4) is 0 Å². The van der Waals surface area contributed by atoms with Gasteiger partial charge in [0.25, 0.3) is 0 Å². The van der Waals surface area contributed by atoms with Crippen molar-refractivity contribution in [1.82, 2.24) is 9.97 Å². The summed E-state index contributed by atoms with van der Waals surface area (Å²) in [5, 5.41) is 4.38. The highest BCUT2D eigenvalue weighted by molar-refractivity contribution is 5.90. The first-order valence-electron chi connectivity index (χ1n) is 8.18. The van der Waals surface area contributed by atoms with Gasteiger partial charge in [-0.3, -0.25) is 0 Å². The molecule has 0 saturated heterocycles. The Morgan fingerprint density at radius 2 is 1.32 bits per heavy atom. The van der Waals surface area contributed by atoms with Crippen LogP contribution in [-0.2, 0) is 0 Å². The third-order valence-electron chi connectivity index (χ3n) is 3.98. The molecule has 0 aliphatic heterocycles. The van der Waals surface area contributed by atoms with Crippen molar-refractivity contribution in [2.45, 2.75) is 0 Å². The smallest absolute Gasteiger partial charge is 0.141 e. The Morgan fingerprint density at radius 3 is 2.12 bits per heavy atom. The van der Waals surface area contributed by atoms with Crippen molar-refractivity contribution < 1.29 is 0 Å². The minimum absolute atomic E-state index is 0.818. The van der Waals surface area contributed by atoms with E-state index in [1.165, 1.54) is 5.56 Å². The topological polar surface area (TPSA) is 37.8 Å². The van der Waals surface area contributed by atoms with Gasteiger partial charge in [0, 0.05) is 11.1 Å². The minimum Gasteiger partial charge on any atom is -0.340 e. The van der Waals surface area contributed by atoms with Crippen LogP contribution in [0.5, 0.6) is 0 Å². The molecule has 1 N–H and O–H groups in total.